The molecular weight excluding hydrogens is 244 g/mol. The lowest BCUT2D eigenvalue weighted by molar-refractivity contribution is -0.0122. The predicted molar refractivity (Wildman–Crippen MR) is 74.8 cm³/mol. The van der Waals surface area contributed by atoms with Crippen molar-refractivity contribution in [3.63, 3.8) is 0 Å². The van der Waals surface area contributed by atoms with E-state index in [0.717, 1.165) is 5.75 Å². The van der Waals surface area contributed by atoms with Crippen molar-refractivity contribution < 1.29 is 19.3 Å². The second kappa shape index (κ2) is 8.02. The summed E-state index contributed by atoms with van der Waals surface area (Å²) in [6.45, 7) is 8.33. The molecule has 0 saturated heterocycles. The molecule has 0 aliphatic heterocycles. The van der Waals surface area contributed by atoms with Crippen molar-refractivity contribution in [2.24, 2.45) is 0 Å². The first-order chi connectivity index (χ1) is 8.97. The molecule has 108 valence electrons. The summed E-state index contributed by atoms with van der Waals surface area (Å²) in [6, 6.07) is 7.36. The zero-order valence-electron chi connectivity index (χ0n) is 12.1. The van der Waals surface area contributed by atoms with Gasteiger partial charge >= 0.3 is 0 Å². The number of rotatable bonds is 8. The Balaban J connectivity index is 2.33. The van der Waals surface area contributed by atoms with Crippen LogP contribution in [0.4, 0.5) is 0 Å². The molecule has 1 aromatic carbocycles. The summed E-state index contributed by atoms with van der Waals surface area (Å²) < 4.78 is 16.3. The largest absolute Gasteiger partial charge is 0.491 e. The van der Waals surface area contributed by atoms with Crippen molar-refractivity contribution in [3.8, 4) is 11.5 Å². The Bertz CT molecular complexity index is 346. The van der Waals surface area contributed by atoms with Crippen molar-refractivity contribution >= 4 is 0 Å². The molecule has 0 amide bonds. The monoisotopic (exact) mass is 268 g/mol. The van der Waals surface area contributed by atoms with E-state index < -0.39 is 6.10 Å². The van der Waals surface area contributed by atoms with Gasteiger partial charge in [0.05, 0.1) is 18.8 Å². The summed E-state index contributed by atoms with van der Waals surface area (Å²) in [6.07, 6.45) is -0.349. The highest BCUT2D eigenvalue weighted by atomic mass is 16.5. The van der Waals surface area contributed by atoms with Crippen LogP contribution in [0.2, 0.25) is 0 Å². The van der Waals surface area contributed by atoms with Crippen LogP contribution in [0.15, 0.2) is 24.3 Å². The van der Waals surface area contributed by atoms with Crippen LogP contribution < -0.4 is 9.47 Å². The molecule has 0 radical (unpaired) electrons. The maximum Gasteiger partial charge on any atom is 0.119 e. The van der Waals surface area contributed by atoms with E-state index in [1.54, 1.807) is 0 Å². The minimum Gasteiger partial charge on any atom is -0.491 e. The Morgan fingerprint density at radius 3 is 2.00 bits per heavy atom. The highest BCUT2D eigenvalue weighted by molar-refractivity contribution is 5.31. The average molecular weight is 268 g/mol. The Morgan fingerprint density at radius 2 is 1.47 bits per heavy atom. The van der Waals surface area contributed by atoms with Gasteiger partial charge in [-0.3, -0.25) is 0 Å². The molecule has 0 aromatic heterocycles. The number of hydrogen-bond acceptors (Lipinski definition) is 4. The van der Waals surface area contributed by atoms with Gasteiger partial charge < -0.3 is 19.3 Å². The maximum atomic E-state index is 9.66. The number of benzene rings is 1. The molecule has 1 rings (SSSR count). The van der Waals surface area contributed by atoms with Crippen LogP contribution in [0, 0.1) is 0 Å². The Labute approximate surface area is 115 Å². The molecule has 0 fully saturated rings. The summed E-state index contributed by atoms with van der Waals surface area (Å²) in [4.78, 5) is 0. The SMILES string of the molecule is CC(C)OCC(O)COc1ccc(OC(C)C)cc1. The third-order valence-electron chi connectivity index (χ3n) is 2.26. The van der Waals surface area contributed by atoms with Crippen molar-refractivity contribution in [1.29, 1.82) is 0 Å². The molecule has 19 heavy (non-hydrogen) atoms. The maximum absolute atomic E-state index is 9.66. The van der Waals surface area contributed by atoms with E-state index in [9.17, 15) is 5.11 Å². The van der Waals surface area contributed by atoms with E-state index in [4.69, 9.17) is 14.2 Å². The smallest absolute Gasteiger partial charge is 0.119 e. The zero-order valence-corrected chi connectivity index (χ0v) is 12.1. The fraction of sp³-hybridized carbons (Fsp3) is 0.600. The molecule has 0 saturated carbocycles. The Morgan fingerprint density at radius 1 is 0.895 bits per heavy atom. The molecule has 1 unspecified atom stereocenters. The van der Waals surface area contributed by atoms with Crippen LogP contribution in [-0.2, 0) is 4.74 Å². The predicted octanol–water partition coefficient (Wildman–Crippen LogP) is 2.64. The lowest BCUT2D eigenvalue weighted by Crippen LogP contribution is -2.25. The molecule has 1 N–H and O–H groups in total. The van der Waals surface area contributed by atoms with E-state index in [2.05, 4.69) is 0 Å². The van der Waals surface area contributed by atoms with Gasteiger partial charge in [0.25, 0.3) is 0 Å². The second-order valence-electron chi connectivity index (χ2n) is 4.98. The molecule has 0 aliphatic rings. The van der Waals surface area contributed by atoms with Gasteiger partial charge in [-0.15, -0.1) is 0 Å². The van der Waals surface area contributed by atoms with Crippen LogP contribution in [0.25, 0.3) is 0 Å². The van der Waals surface area contributed by atoms with Gasteiger partial charge in [-0.25, -0.2) is 0 Å². The van der Waals surface area contributed by atoms with Gasteiger partial charge in [0.15, 0.2) is 0 Å². The number of hydrogen-bond donors (Lipinski definition) is 1. The first-order valence-corrected chi connectivity index (χ1v) is 6.66. The summed E-state index contributed by atoms with van der Waals surface area (Å²) in [5.41, 5.74) is 0. The van der Waals surface area contributed by atoms with Gasteiger partial charge in [0.1, 0.15) is 24.2 Å². The summed E-state index contributed by atoms with van der Waals surface area (Å²) in [5, 5.41) is 9.66. The molecule has 4 heteroatoms. The molecule has 0 heterocycles. The van der Waals surface area contributed by atoms with Crippen LogP contribution >= 0.6 is 0 Å². The van der Waals surface area contributed by atoms with Gasteiger partial charge in [-0.2, -0.15) is 0 Å². The molecule has 4 nitrogen and oxygen atoms in total. The highest BCUT2D eigenvalue weighted by Crippen LogP contribution is 2.18. The number of aliphatic hydroxyl groups is 1. The molecular formula is C15H24O4. The normalized spacial score (nSPS) is 12.8. The standard InChI is InChI=1S/C15H24O4/c1-11(2)17-9-13(16)10-18-14-5-7-15(8-6-14)19-12(3)4/h5-8,11-13,16H,9-10H2,1-4H3. The second-order valence-corrected chi connectivity index (χ2v) is 4.98. The Kier molecular flexibility index (Phi) is 6.67. The van der Waals surface area contributed by atoms with Gasteiger partial charge in [-0.1, -0.05) is 0 Å². The topological polar surface area (TPSA) is 47.9 Å². The van der Waals surface area contributed by atoms with E-state index in [1.807, 2.05) is 52.0 Å². The molecule has 1 atom stereocenters. The van der Waals surface area contributed by atoms with E-state index in [-0.39, 0.29) is 25.4 Å². The van der Waals surface area contributed by atoms with Crippen LogP contribution in [0.5, 0.6) is 11.5 Å². The summed E-state index contributed by atoms with van der Waals surface area (Å²) >= 11 is 0. The quantitative estimate of drug-likeness (QED) is 0.787. The average Bonchev–Trinajstić information content (AvgIpc) is 2.35. The fourth-order valence-corrected chi connectivity index (χ4v) is 1.43. The molecule has 0 spiro atoms. The first kappa shape index (κ1) is 15.8. The first-order valence-electron chi connectivity index (χ1n) is 6.66. The minimum absolute atomic E-state index is 0.113. The lowest BCUT2D eigenvalue weighted by Gasteiger charge is -2.15. The van der Waals surface area contributed by atoms with Crippen LogP contribution in [0.3, 0.4) is 0 Å². The Hall–Kier alpha value is -1.26. The van der Waals surface area contributed by atoms with Gasteiger partial charge in [0, 0.05) is 0 Å². The van der Waals surface area contributed by atoms with Crippen molar-refractivity contribution in [2.75, 3.05) is 13.2 Å². The summed E-state index contributed by atoms with van der Waals surface area (Å²) in [5.74, 6) is 1.52. The van der Waals surface area contributed by atoms with Gasteiger partial charge in [-0.05, 0) is 52.0 Å². The highest BCUT2D eigenvalue weighted by Gasteiger charge is 2.07. The summed E-state index contributed by atoms with van der Waals surface area (Å²) in [7, 11) is 0. The van der Waals surface area contributed by atoms with Crippen molar-refractivity contribution in [2.45, 2.75) is 46.0 Å². The van der Waals surface area contributed by atoms with Gasteiger partial charge in [0.2, 0.25) is 0 Å². The van der Waals surface area contributed by atoms with E-state index in [1.165, 1.54) is 0 Å². The lowest BCUT2D eigenvalue weighted by atomic mass is 10.3. The van der Waals surface area contributed by atoms with Crippen LogP contribution in [-0.4, -0.2) is 36.6 Å². The fourth-order valence-electron chi connectivity index (χ4n) is 1.43. The zero-order chi connectivity index (χ0) is 14.3. The third kappa shape index (κ3) is 7.03. The third-order valence-corrected chi connectivity index (χ3v) is 2.26. The van der Waals surface area contributed by atoms with Crippen molar-refractivity contribution in [3.05, 3.63) is 24.3 Å². The van der Waals surface area contributed by atoms with E-state index in [0.29, 0.717) is 5.75 Å². The number of aliphatic hydroxyl groups excluding tert-OH is 1. The molecule has 0 aliphatic carbocycles. The number of ether oxygens (including phenoxy) is 3. The van der Waals surface area contributed by atoms with Crippen molar-refractivity contribution in [1.82, 2.24) is 0 Å². The van der Waals surface area contributed by atoms with Crippen LogP contribution in [0.1, 0.15) is 27.7 Å². The molecule has 0 bridgehead atoms. The minimum atomic E-state index is -0.617. The van der Waals surface area contributed by atoms with E-state index >= 15 is 0 Å². The molecule has 1 aromatic rings.